The largest absolute Gasteiger partial charge is 0.465 e. The van der Waals surface area contributed by atoms with Crippen LogP contribution in [0.5, 0.6) is 0 Å². The van der Waals surface area contributed by atoms with E-state index < -0.39 is 41.3 Å². The number of rotatable bonds is 7. The molecule has 1 aliphatic carbocycles. The van der Waals surface area contributed by atoms with E-state index in [1.807, 2.05) is 30.5 Å². The first kappa shape index (κ1) is 29.5. The molecular formula is C32H30ClFN2O5S. The number of ketones is 1. The lowest BCUT2D eigenvalue weighted by Crippen LogP contribution is -2.46. The highest BCUT2D eigenvalue weighted by Gasteiger charge is 2.51. The Labute approximate surface area is 252 Å². The fraction of sp³-hybridized carbons (Fsp3) is 0.281. The summed E-state index contributed by atoms with van der Waals surface area (Å²) in [5.74, 6) is -4.97. The number of nitrogens with zero attached hydrogens (tertiary/aromatic N) is 1. The summed E-state index contributed by atoms with van der Waals surface area (Å²) in [5, 5.41) is 2.36. The molecule has 0 amide bonds. The van der Waals surface area contributed by atoms with E-state index in [1.54, 1.807) is 30.9 Å². The van der Waals surface area contributed by atoms with Crippen molar-refractivity contribution in [2.45, 2.75) is 39.0 Å². The zero-order chi connectivity index (χ0) is 30.1. The van der Waals surface area contributed by atoms with Gasteiger partial charge in [-0.1, -0.05) is 35.9 Å². The van der Waals surface area contributed by atoms with Crippen LogP contribution in [-0.4, -0.2) is 30.9 Å². The molecule has 0 bridgehead atoms. The van der Waals surface area contributed by atoms with Crippen LogP contribution in [-0.2, 0) is 23.9 Å². The first-order chi connectivity index (χ1) is 20.2. The van der Waals surface area contributed by atoms with Gasteiger partial charge in [-0.25, -0.2) is 9.18 Å². The molecule has 5 rings (SSSR count). The predicted octanol–water partition coefficient (Wildman–Crippen LogP) is 6.38. The van der Waals surface area contributed by atoms with Crippen molar-refractivity contribution in [1.29, 1.82) is 0 Å². The molecule has 2 heterocycles. The van der Waals surface area contributed by atoms with Gasteiger partial charge in [-0.05, 0) is 74.0 Å². The summed E-state index contributed by atoms with van der Waals surface area (Å²) in [6, 6.07) is 14.6. The van der Waals surface area contributed by atoms with Gasteiger partial charge in [0, 0.05) is 27.1 Å². The van der Waals surface area contributed by atoms with Gasteiger partial charge < -0.3 is 15.2 Å². The van der Waals surface area contributed by atoms with E-state index in [0.29, 0.717) is 27.5 Å². The van der Waals surface area contributed by atoms with Crippen LogP contribution in [0, 0.1) is 18.7 Å². The highest BCUT2D eigenvalue weighted by molar-refractivity contribution is 7.10. The van der Waals surface area contributed by atoms with Crippen LogP contribution in [0.4, 0.5) is 10.1 Å². The minimum atomic E-state index is -1.16. The fourth-order valence-corrected chi connectivity index (χ4v) is 6.85. The van der Waals surface area contributed by atoms with Crippen LogP contribution >= 0.6 is 22.9 Å². The Bertz CT molecular complexity index is 1600. The normalized spacial score (nSPS) is 20.5. The second-order valence-corrected chi connectivity index (χ2v) is 11.4. The molecule has 0 saturated heterocycles. The summed E-state index contributed by atoms with van der Waals surface area (Å²) in [6.45, 7) is 5.34. The van der Waals surface area contributed by atoms with Gasteiger partial charge >= 0.3 is 11.9 Å². The first-order valence-corrected chi connectivity index (χ1v) is 14.9. The van der Waals surface area contributed by atoms with E-state index in [9.17, 15) is 18.8 Å². The maximum atomic E-state index is 14.7. The van der Waals surface area contributed by atoms with Crippen molar-refractivity contribution in [3.05, 3.63) is 109 Å². The van der Waals surface area contributed by atoms with Gasteiger partial charge in [-0.2, -0.15) is 0 Å². The zero-order valence-corrected chi connectivity index (χ0v) is 24.9. The molecule has 42 heavy (non-hydrogen) atoms. The molecule has 1 aromatic heterocycles. The average Bonchev–Trinajstić information content (AvgIpc) is 3.50. The van der Waals surface area contributed by atoms with Gasteiger partial charge in [-0.3, -0.25) is 14.5 Å². The molecule has 1 aliphatic heterocycles. The standard InChI is InChI=1S/C32H30ClFN2O5S/c1-4-40-31(38)26-20(24-10-7-15-42-24)16-23-27(29(26)37)25(18-11-13-19(34)14-12-18)28(32(39)41-5-2)30(35)36(23)22-9-6-8-21(33)17(22)3/h6-15,20,25-26H,4-5,16,35H2,1-3H3/t20-,25-,26-/m0/s1. The van der Waals surface area contributed by atoms with Crippen LogP contribution in [0.15, 0.2) is 82.6 Å². The highest BCUT2D eigenvalue weighted by Crippen LogP contribution is 2.52. The number of ether oxygens (including phenoxy) is 2. The summed E-state index contributed by atoms with van der Waals surface area (Å²) >= 11 is 7.97. The Morgan fingerprint density at radius 2 is 1.79 bits per heavy atom. The third-order valence-corrected chi connectivity index (χ3v) is 9.08. The van der Waals surface area contributed by atoms with Gasteiger partial charge in [0.25, 0.3) is 0 Å². The molecule has 0 fully saturated rings. The van der Waals surface area contributed by atoms with Crippen LogP contribution < -0.4 is 10.6 Å². The smallest absolute Gasteiger partial charge is 0.338 e. The van der Waals surface area contributed by atoms with Crippen molar-refractivity contribution >= 4 is 46.3 Å². The van der Waals surface area contributed by atoms with Crippen molar-refractivity contribution in [3.8, 4) is 0 Å². The van der Waals surface area contributed by atoms with Crippen molar-refractivity contribution in [2.24, 2.45) is 11.7 Å². The van der Waals surface area contributed by atoms with E-state index in [2.05, 4.69) is 0 Å². The third-order valence-electron chi connectivity index (χ3n) is 7.67. The SMILES string of the molecule is CCOC(=O)C1=C(N)N(c2cccc(Cl)c2C)C2=C(C(=O)[C@@H](C(=O)OCC)[C@H](c3cccs3)C2)[C@@H]1c1ccc(F)cc1. The van der Waals surface area contributed by atoms with E-state index in [1.165, 1.54) is 35.6 Å². The molecule has 2 aliphatic rings. The summed E-state index contributed by atoms with van der Waals surface area (Å²) in [7, 11) is 0. The maximum absolute atomic E-state index is 14.7. The van der Waals surface area contributed by atoms with E-state index >= 15 is 0 Å². The van der Waals surface area contributed by atoms with Crippen molar-refractivity contribution in [1.82, 2.24) is 0 Å². The molecule has 3 atom stereocenters. The number of hydrogen-bond acceptors (Lipinski definition) is 8. The third kappa shape index (κ3) is 5.12. The van der Waals surface area contributed by atoms with Crippen LogP contribution in [0.25, 0.3) is 0 Å². The van der Waals surface area contributed by atoms with Crippen molar-refractivity contribution in [2.75, 3.05) is 18.1 Å². The van der Waals surface area contributed by atoms with E-state index in [4.69, 9.17) is 26.8 Å². The molecule has 10 heteroatoms. The number of esters is 2. The number of carbonyl (C=O) groups is 3. The lowest BCUT2D eigenvalue weighted by atomic mass is 9.68. The number of carbonyl (C=O) groups excluding carboxylic acids is 3. The topological polar surface area (TPSA) is 98.9 Å². The summed E-state index contributed by atoms with van der Waals surface area (Å²) in [4.78, 5) is 44.3. The molecule has 0 radical (unpaired) electrons. The van der Waals surface area contributed by atoms with Crippen LogP contribution in [0.3, 0.4) is 0 Å². The Balaban J connectivity index is 1.84. The monoisotopic (exact) mass is 608 g/mol. The number of nitrogens with two attached hydrogens (primary N) is 1. The van der Waals surface area contributed by atoms with Gasteiger partial charge in [0.15, 0.2) is 5.78 Å². The highest BCUT2D eigenvalue weighted by atomic mass is 35.5. The molecule has 2 aromatic carbocycles. The number of Topliss-reactive ketones (excluding diaryl/α,β-unsaturated/α-hetero) is 1. The average molecular weight is 609 g/mol. The molecule has 7 nitrogen and oxygen atoms in total. The van der Waals surface area contributed by atoms with Crippen molar-refractivity contribution < 1.29 is 28.2 Å². The fourth-order valence-electron chi connectivity index (χ4n) is 5.81. The Kier molecular flexibility index (Phi) is 8.52. The summed E-state index contributed by atoms with van der Waals surface area (Å²) in [6.07, 6.45) is 0.242. The zero-order valence-electron chi connectivity index (χ0n) is 23.4. The molecule has 2 N–H and O–H groups in total. The quantitative estimate of drug-likeness (QED) is 0.246. The molecule has 0 unspecified atom stereocenters. The van der Waals surface area contributed by atoms with Crippen molar-refractivity contribution in [3.63, 3.8) is 0 Å². The first-order valence-electron chi connectivity index (χ1n) is 13.6. The molecule has 0 spiro atoms. The second kappa shape index (κ2) is 12.1. The minimum Gasteiger partial charge on any atom is -0.465 e. The number of benzene rings is 2. The molecular weight excluding hydrogens is 579 g/mol. The van der Waals surface area contributed by atoms with Crippen LogP contribution in [0.2, 0.25) is 5.02 Å². The molecule has 3 aromatic rings. The van der Waals surface area contributed by atoms with Gasteiger partial charge in [0.2, 0.25) is 0 Å². The van der Waals surface area contributed by atoms with Gasteiger partial charge in [0.1, 0.15) is 17.6 Å². The van der Waals surface area contributed by atoms with E-state index in [-0.39, 0.29) is 36.6 Å². The Morgan fingerprint density at radius 1 is 1.07 bits per heavy atom. The Morgan fingerprint density at radius 3 is 2.43 bits per heavy atom. The lowest BCUT2D eigenvalue weighted by Gasteiger charge is -2.44. The second-order valence-electron chi connectivity index (χ2n) is 10.0. The lowest BCUT2D eigenvalue weighted by molar-refractivity contribution is -0.152. The van der Waals surface area contributed by atoms with Gasteiger partial charge in [-0.15, -0.1) is 11.3 Å². The number of hydrogen-bond donors (Lipinski definition) is 1. The number of anilines is 1. The van der Waals surface area contributed by atoms with E-state index in [0.717, 1.165) is 4.88 Å². The minimum absolute atomic E-state index is 0.0205. The molecule has 218 valence electrons. The number of halogens is 2. The number of thiophene rings is 1. The van der Waals surface area contributed by atoms with Gasteiger partial charge in [0.05, 0.1) is 30.4 Å². The predicted molar refractivity (Wildman–Crippen MR) is 159 cm³/mol. The summed E-state index contributed by atoms with van der Waals surface area (Å²) < 4.78 is 24.9. The maximum Gasteiger partial charge on any atom is 0.338 e. The Hall–Kier alpha value is -3.95. The molecule has 0 saturated carbocycles. The number of allylic oxidation sites excluding steroid dienone is 2. The summed E-state index contributed by atoms with van der Waals surface area (Å²) in [5.41, 5.74) is 9.37. The van der Waals surface area contributed by atoms with Crippen LogP contribution in [0.1, 0.15) is 48.1 Å².